The van der Waals surface area contributed by atoms with Crippen LogP contribution in [0.5, 0.6) is 0 Å². The number of nitrogens with zero attached hydrogens (tertiary/aromatic N) is 3. The maximum atomic E-state index is 12.4. The average molecular weight is 286 g/mol. The number of amides is 1. The Morgan fingerprint density at radius 3 is 2.95 bits per heavy atom. The predicted octanol–water partition coefficient (Wildman–Crippen LogP) is 2.88. The second kappa shape index (κ2) is 6.24. The van der Waals surface area contributed by atoms with Crippen molar-refractivity contribution in [3.05, 3.63) is 30.2 Å². The largest absolute Gasteiger partial charge is 0.346 e. The van der Waals surface area contributed by atoms with Crippen molar-refractivity contribution in [3.63, 3.8) is 0 Å². The second-order valence-corrected chi connectivity index (χ2v) is 5.82. The Labute approximate surface area is 124 Å². The SMILES string of the molecule is CCC[C@@H](NC(=O)C1CCCC1)c1nnc2ccccn12. The van der Waals surface area contributed by atoms with Crippen LogP contribution in [-0.2, 0) is 4.79 Å². The third-order valence-electron chi connectivity index (χ3n) is 4.27. The van der Waals surface area contributed by atoms with Crippen LogP contribution in [0.3, 0.4) is 0 Å². The van der Waals surface area contributed by atoms with Gasteiger partial charge < -0.3 is 5.32 Å². The quantitative estimate of drug-likeness (QED) is 0.919. The minimum absolute atomic E-state index is 0.0551. The zero-order chi connectivity index (χ0) is 14.7. The molecule has 1 N–H and O–H groups in total. The smallest absolute Gasteiger partial charge is 0.223 e. The van der Waals surface area contributed by atoms with Crippen LogP contribution in [0.4, 0.5) is 0 Å². The number of carbonyl (C=O) groups is 1. The summed E-state index contributed by atoms with van der Waals surface area (Å²) >= 11 is 0. The molecule has 0 spiro atoms. The molecule has 0 saturated heterocycles. The molecule has 0 radical (unpaired) electrons. The van der Waals surface area contributed by atoms with E-state index < -0.39 is 0 Å². The highest BCUT2D eigenvalue weighted by molar-refractivity contribution is 5.79. The van der Waals surface area contributed by atoms with Crippen LogP contribution in [0.25, 0.3) is 5.65 Å². The number of nitrogens with one attached hydrogen (secondary N) is 1. The van der Waals surface area contributed by atoms with E-state index in [0.29, 0.717) is 0 Å². The number of pyridine rings is 1. The van der Waals surface area contributed by atoms with Crippen molar-refractivity contribution in [2.45, 2.75) is 51.5 Å². The van der Waals surface area contributed by atoms with Gasteiger partial charge in [0, 0.05) is 12.1 Å². The predicted molar refractivity (Wildman–Crippen MR) is 80.7 cm³/mol. The van der Waals surface area contributed by atoms with Crippen molar-refractivity contribution >= 4 is 11.6 Å². The van der Waals surface area contributed by atoms with E-state index in [-0.39, 0.29) is 17.9 Å². The summed E-state index contributed by atoms with van der Waals surface area (Å²) in [6.07, 6.45) is 8.21. The first-order valence-electron chi connectivity index (χ1n) is 7.89. The van der Waals surface area contributed by atoms with Gasteiger partial charge in [0.15, 0.2) is 11.5 Å². The summed E-state index contributed by atoms with van der Waals surface area (Å²) in [4.78, 5) is 12.4. The van der Waals surface area contributed by atoms with Crippen molar-refractivity contribution in [2.75, 3.05) is 0 Å². The molecule has 0 unspecified atom stereocenters. The summed E-state index contributed by atoms with van der Waals surface area (Å²) in [5.41, 5.74) is 0.823. The standard InChI is InChI=1S/C16H22N4O/c1-2-7-13(17-16(21)12-8-3-4-9-12)15-19-18-14-10-5-6-11-20(14)15/h5-6,10-13H,2-4,7-9H2,1H3,(H,17,21)/t13-/m1/s1. The second-order valence-electron chi connectivity index (χ2n) is 5.82. The maximum Gasteiger partial charge on any atom is 0.223 e. The molecule has 3 rings (SSSR count). The highest BCUT2D eigenvalue weighted by Gasteiger charge is 2.26. The molecule has 1 aliphatic rings. The Kier molecular flexibility index (Phi) is 4.18. The molecule has 5 nitrogen and oxygen atoms in total. The fourth-order valence-electron chi connectivity index (χ4n) is 3.13. The van der Waals surface area contributed by atoms with Crippen molar-refractivity contribution < 1.29 is 4.79 Å². The van der Waals surface area contributed by atoms with Crippen molar-refractivity contribution in [1.82, 2.24) is 19.9 Å². The Bertz CT molecular complexity index is 616. The van der Waals surface area contributed by atoms with E-state index in [1.807, 2.05) is 28.8 Å². The van der Waals surface area contributed by atoms with E-state index in [1.165, 1.54) is 12.8 Å². The van der Waals surface area contributed by atoms with Crippen LogP contribution in [0.15, 0.2) is 24.4 Å². The lowest BCUT2D eigenvalue weighted by Crippen LogP contribution is -2.34. The van der Waals surface area contributed by atoms with Gasteiger partial charge in [-0.1, -0.05) is 32.3 Å². The van der Waals surface area contributed by atoms with Crippen LogP contribution >= 0.6 is 0 Å². The summed E-state index contributed by atoms with van der Waals surface area (Å²) in [6, 6.07) is 5.78. The lowest BCUT2D eigenvalue weighted by atomic mass is 10.1. The first-order valence-corrected chi connectivity index (χ1v) is 7.89. The summed E-state index contributed by atoms with van der Waals surface area (Å²) < 4.78 is 1.97. The Hall–Kier alpha value is -1.91. The van der Waals surface area contributed by atoms with Gasteiger partial charge in [0.05, 0.1) is 6.04 Å². The first-order chi connectivity index (χ1) is 10.3. The maximum absolute atomic E-state index is 12.4. The molecule has 1 atom stereocenters. The third kappa shape index (κ3) is 2.91. The van der Waals surface area contributed by atoms with Crippen LogP contribution in [0, 0.1) is 5.92 Å². The molecule has 2 aromatic rings. The van der Waals surface area contributed by atoms with Gasteiger partial charge in [-0.2, -0.15) is 0 Å². The van der Waals surface area contributed by atoms with Gasteiger partial charge in [-0.05, 0) is 31.4 Å². The van der Waals surface area contributed by atoms with Crippen LogP contribution < -0.4 is 5.32 Å². The highest BCUT2D eigenvalue weighted by atomic mass is 16.2. The number of carbonyl (C=O) groups excluding carboxylic acids is 1. The molecular formula is C16H22N4O. The van der Waals surface area contributed by atoms with Gasteiger partial charge >= 0.3 is 0 Å². The number of fused-ring (bicyclic) bond motifs is 1. The fourth-order valence-corrected chi connectivity index (χ4v) is 3.13. The first kappa shape index (κ1) is 14.0. The monoisotopic (exact) mass is 286 g/mol. The zero-order valence-electron chi connectivity index (χ0n) is 12.5. The van der Waals surface area contributed by atoms with E-state index in [0.717, 1.165) is 37.2 Å². The normalized spacial score (nSPS) is 17.2. The van der Waals surface area contributed by atoms with Gasteiger partial charge in [0.1, 0.15) is 0 Å². The lowest BCUT2D eigenvalue weighted by molar-refractivity contribution is -0.125. The number of hydrogen-bond acceptors (Lipinski definition) is 3. The van der Waals surface area contributed by atoms with Crippen molar-refractivity contribution in [2.24, 2.45) is 5.92 Å². The number of hydrogen-bond donors (Lipinski definition) is 1. The summed E-state index contributed by atoms with van der Waals surface area (Å²) in [7, 11) is 0. The van der Waals surface area contributed by atoms with Crippen molar-refractivity contribution in [1.29, 1.82) is 0 Å². The summed E-state index contributed by atoms with van der Waals surface area (Å²) in [5.74, 6) is 1.20. The number of aromatic nitrogens is 3. The topological polar surface area (TPSA) is 59.3 Å². The van der Waals surface area contributed by atoms with E-state index in [2.05, 4.69) is 22.4 Å². The molecule has 2 aromatic heterocycles. The fraction of sp³-hybridized carbons (Fsp3) is 0.562. The minimum Gasteiger partial charge on any atom is -0.346 e. The van der Waals surface area contributed by atoms with E-state index >= 15 is 0 Å². The molecule has 112 valence electrons. The molecule has 1 aliphatic carbocycles. The molecule has 1 saturated carbocycles. The van der Waals surface area contributed by atoms with Gasteiger partial charge in [0.25, 0.3) is 0 Å². The van der Waals surface area contributed by atoms with E-state index in [4.69, 9.17) is 0 Å². The molecule has 21 heavy (non-hydrogen) atoms. The van der Waals surface area contributed by atoms with Gasteiger partial charge in [-0.3, -0.25) is 9.20 Å². The summed E-state index contributed by atoms with van der Waals surface area (Å²) in [6.45, 7) is 2.12. The zero-order valence-corrected chi connectivity index (χ0v) is 12.5. The molecule has 0 bridgehead atoms. The molecule has 1 amide bonds. The third-order valence-corrected chi connectivity index (χ3v) is 4.27. The number of rotatable bonds is 5. The van der Waals surface area contributed by atoms with E-state index in [1.54, 1.807) is 0 Å². The van der Waals surface area contributed by atoms with E-state index in [9.17, 15) is 4.79 Å². The molecule has 1 fully saturated rings. The lowest BCUT2D eigenvalue weighted by Gasteiger charge is -2.19. The van der Waals surface area contributed by atoms with Crippen molar-refractivity contribution in [3.8, 4) is 0 Å². The Morgan fingerprint density at radius 2 is 2.19 bits per heavy atom. The van der Waals surface area contributed by atoms with Crippen LogP contribution in [0.2, 0.25) is 0 Å². The summed E-state index contributed by atoms with van der Waals surface area (Å²) in [5, 5.41) is 11.7. The molecule has 2 heterocycles. The minimum atomic E-state index is -0.0551. The van der Waals surface area contributed by atoms with Crippen LogP contribution in [-0.4, -0.2) is 20.5 Å². The molecule has 5 heteroatoms. The van der Waals surface area contributed by atoms with Crippen LogP contribution in [0.1, 0.15) is 57.3 Å². The molecular weight excluding hydrogens is 264 g/mol. The van der Waals surface area contributed by atoms with Gasteiger partial charge in [0.2, 0.25) is 5.91 Å². The van der Waals surface area contributed by atoms with Gasteiger partial charge in [-0.15, -0.1) is 10.2 Å². The Balaban J connectivity index is 1.82. The highest BCUT2D eigenvalue weighted by Crippen LogP contribution is 2.26. The molecule has 0 aromatic carbocycles. The van der Waals surface area contributed by atoms with Gasteiger partial charge in [-0.25, -0.2) is 0 Å². The Morgan fingerprint density at radius 1 is 1.38 bits per heavy atom. The molecule has 0 aliphatic heterocycles. The average Bonchev–Trinajstić information content (AvgIpc) is 3.16.